The van der Waals surface area contributed by atoms with Crippen molar-refractivity contribution in [3.05, 3.63) is 0 Å². The van der Waals surface area contributed by atoms with E-state index in [1.54, 1.807) is 0 Å². The van der Waals surface area contributed by atoms with E-state index in [1.807, 2.05) is 11.8 Å². The maximum atomic E-state index is 10.6. The first kappa shape index (κ1) is 12.5. The molecule has 0 aromatic heterocycles. The lowest BCUT2D eigenvalue weighted by atomic mass is 10.0. The van der Waals surface area contributed by atoms with Gasteiger partial charge >= 0.3 is 5.97 Å². The predicted molar refractivity (Wildman–Crippen MR) is 57.8 cm³/mol. The number of aliphatic carboxylic acids is 1. The molecule has 1 rings (SSSR count). The highest BCUT2D eigenvalue weighted by Crippen LogP contribution is 2.30. The van der Waals surface area contributed by atoms with Crippen molar-refractivity contribution in [1.29, 1.82) is 0 Å². The van der Waals surface area contributed by atoms with Gasteiger partial charge in [-0.05, 0) is 25.8 Å². The van der Waals surface area contributed by atoms with Gasteiger partial charge in [0.2, 0.25) is 0 Å². The Labute approximate surface area is 90.9 Å². The molecule has 0 radical (unpaired) electrons. The summed E-state index contributed by atoms with van der Waals surface area (Å²) in [7, 11) is 0. The third-order valence-electron chi connectivity index (χ3n) is 2.95. The first-order valence-electron chi connectivity index (χ1n) is 5.72. The molecule has 2 N–H and O–H groups in total. The highest BCUT2D eigenvalue weighted by molar-refractivity contribution is 5.69. The molecule has 15 heavy (non-hydrogen) atoms. The standard InChI is InChI=1S/C11H21NO3/c1-2-7-12(8-10(13)14)9-11(15)5-3-4-6-11/h15H,2-9H2,1H3,(H,13,14). The zero-order valence-corrected chi connectivity index (χ0v) is 9.41. The second-order valence-corrected chi connectivity index (χ2v) is 4.54. The number of nitrogens with zero attached hydrogens (tertiary/aromatic N) is 1. The zero-order chi connectivity index (χ0) is 11.3. The van der Waals surface area contributed by atoms with Crippen LogP contribution in [-0.2, 0) is 4.79 Å². The van der Waals surface area contributed by atoms with Crippen molar-refractivity contribution in [1.82, 2.24) is 4.90 Å². The molecular weight excluding hydrogens is 194 g/mol. The van der Waals surface area contributed by atoms with Gasteiger partial charge in [-0.3, -0.25) is 9.69 Å². The fourth-order valence-electron chi connectivity index (χ4n) is 2.33. The number of carbonyl (C=O) groups is 1. The predicted octanol–water partition coefficient (Wildman–Crippen LogP) is 1.09. The minimum absolute atomic E-state index is 0.0378. The summed E-state index contributed by atoms with van der Waals surface area (Å²) in [6.07, 6.45) is 4.66. The van der Waals surface area contributed by atoms with Crippen molar-refractivity contribution in [3.8, 4) is 0 Å². The Morgan fingerprint density at radius 3 is 2.47 bits per heavy atom. The lowest BCUT2D eigenvalue weighted by Gasteiger charge is -2.30. The van der Waals surface area contributed by atoms with Crippen LogP contribution >= 0.6 is 0 Å². The Morgan fingerprint density at radius 2 is 2.00 bits per heavy atom. The van der Waals surface area contributed by atoms with Gasteiger partial charge in [0.05, 0.1) is 12.1 Å². The molecule has 4 nitrogen and oxygen atoms in total. The van der Waals surface area contributed by atoms with Crippen molar-refractivity contribution in [2.24, 2.45) is 0 Å². The number of carboxylic acid groups (broad SMARTS) is 1. The van der Waals surface area contributed by atoms with Gasteiger partial charge in [0.1, 0.15) is 0 Å². The van der Waals surface area contributed by atoms with Crippen LogP contribution in [0.2, 0.25) is 0 Å². The van der Waals surface area contributed by atoms with E-state index in [1.165, 1.54) is 0 Å². The van der Waals surface area contributed by atoms with Gasteiger partial charge in [0.25, 0.3) is 0 Å². The van der Waals surface area contributed by atoms with Gasteiger partial charge in [0, 0.05) is 6.54 Å². The second-order valence-electron chi connectivity index (χ2n) is 4.54. The number of aliphatic hydroxyl groups is 1. The van der Waals surface area contributed by atoms with E-state index in [4.69, 9.17) is 5.11 Å². The third kappa shape index (κ3) is 4.18. The summed E-state index contributed by atoms with van der Waals surface area (Å²) in [4.78, 5) is 12.5. The molecule has 0 atom stereocenters. The van der Waals surface area contributed by atoms with E-state index in [2.05, 4.69) is 0 Å². The van der Waals surface area contributed by atoms with Crippen molar-refractivity contribution < 1.29 is 15.0 Å². The lowest BCUT2D eigenvalue weighted by molar-refractivity contribution is -0.139. The Bertz CT molecular complexity index is 212. The third-order valence-corrected chi connectivity index (χ3v) is 2.95. The molecule has 88 valence electrons. The molecule has 0 aromatic rings. The van der Waals surface area contributed by atoms with Crippen molar-refractivity contribution in [2.45, 2.75) is 44.6 Å². The van der Waals surface area contributed by atoms with Gasteiger partial charge in [-0.1, -0.05) is 19.8 Å². The molecule has 0 amide bonds. The van der Waals surface area contributed by atoms with Crippen LogP contribution in [0.15, 0.2) is 0 Å². The fourth-order valence-corrected chi connectivity index (χ4v) is 2.33. The average molecular weight is 215 g/mol. The highest BCUT2D eigenvalue weighted by Gasteiger charge is 2.33. The van der Waals surface area contributed by atoms with Crippen LogP contribution in [0.3, 0.4) is 0 Å². The topological polar surface area (TPSA) is 60.8 Å². The van der Waals surface area contributed by atoms with E-state index in [-0.39, 0.29) is 6.54 Å². The normalized spacial score (nSPS) is 19.7. The van der Waals surface area contributed by atoms with Crippen LogP contribution in [0.5, 0.6) is 0 Å². The number of rotatable bonds is 6. The lowest BCUT2D eigenvalue weighted by Crippen LogP contribution is -2.43. The fraction of sp³-hybridized carbons (Fsp3) is 0.909. The summed E-state index contributed by atoms with van der Waals surface area (Å²) >= 11 is 0. The van der Waals surface area contributed by atoms with E-state index in [0.717, 1.165) is 38.6 Å². The van der Waals surface area contributed by atoms with E-state index < -0.39 is 11.6 Å². The summed E-state index contributed by atoms with van der Waals surface area (Å²) < 4.78 is 0. The van der Waals surface area contributed by atoms with Crippen LogP contribution in [-0.4, -0.2) is 46.3 Å². The SMILES string of the molecule is CCCN(CC(=O)O)CC1(O)CCCC1. The zero-order valence-electron chi connectivity index (χ0n) is 9.41. The summed E-state index contributed by atoms with van der Waals surface area (Å²) in [6.45, 7) is 3.31. The molecule has 1 fully saturated rings. The van der Waals surface area contributed by atoms with Crippen LogP contribution in [0.25, 0.3) is 0 Å². The molecule has 0 heterocycles. The molecule has 0 aliphatic heterocycles. The minimum Gasteiger partial charge on any atom is -0.480 e. The smallest absolute Gasteiger partial charge is 0.317 e. The van der Waals surface area contributed by atoms with E-state index >= 15 is 0 Å². The molecule has 0 saturated heterocycles. The van der Waals surface area contributed by atoms with E-state index in [0.29, 0.717) is 6.54 Å². The number of hydrogen-bond acceptors (Lipinski definition) is 3. The van der Waals surface area contributed by atoms with Crippen LogP contribution < -0.4 is 0 Å². The maximum Gasteiger partial charge on any atom is 0.317 e. The van der Waals surface area contributed by atoms with Crippen molar-refractivity contribution >= 4 is 5.97 Å². The molecule has 0 aromatic carbocycles. The van der Waals surface area contributed by atoms with Gasteiger partial charge in [0.15, 0.2) is 0 Å². The Kier molecular flexibility index (Phi) is 4.54. The minimum atomic E-state index is -0.815. The Morgan fingerprint density at radius 1 is 1.40 bits per heavy atom. The van der Waals surface area contributed by atoms with Gasteiger partial charge < -0.3 is 10.2 Å². The maximum absolute atomic E-state index is 10.6. The molecule has 0 bridgehead atoms. The molecule has 1 aliphatic rings. The molecular formula is C11H21NO3. The molecule has 0 spiro atoms. The van der Waals surface area contributed by atoms with Crippen LogP contribution in [0.1, 0.15) is 39.0 Å². The first-order chi connectivity index (χ1) is 7.06. The largest absolute Gasteiger partial charge is 0.480 e. The average Bonchev–Trinajstić information content (AvgIpc) is 2.51. The summed E-state index contributed by atoms with van der Waals surface area (Å²) in [5, 5.41) is 18.9. The highest BCUT2D eigenvalue weighted by atomic mass is 16.4. The molecule has 1 aliphatic carbocycles. The second kappa shape index (κ2) is 5.47. The first-order valence-corrected chi connectivity index (χ1v) is 5.72. The molecule has 1 saturated carbocycles. The van der Waals surface area contributed by atoms with Gasteiger partial charge in [-0.25, -0.2) is 0 Å². The molecule has 0 unspecified atom stereocenters. The van der Waals surface area contributed by atoms with Gasteiger partial charge in [-0.15, -0.1) is 0 Å². The van der Waals surface area contributed by atoms with Crippen LogP contribution in [0, 0.1) is 0 Å². The number of hydrogen-bond donors (Lipinski definition) is 2. The van der Waals surface area contributed by atoms with Crippen LogP contribution in [0.4, 0.5) is 0 Å². The Balaban J connectivity index is 2.45. The Hall–Kier alpha value is -0.610. The summed E-state index contributed by atoms with van der Waals surface area (Å²) in [6, 6.07) is 0. The van der Waals surface area contributed by atoms with Crippen molar-refractivity contribution in [2.75, 3.05) is 19.6 Å². The number of carboxylic acids is 1. The molecule has 4 heteroatoms. The van der Waals surface area contributed by atoms with Crippen molar-refractivity contribution in [3.63, 3.8) is 0 Å². The summed E-state index contributed by atoms with van der Waals surface area (Å²) in [5.41, 5.74) is -0.634. The van der Waals surface area contributed by atoms with Gasteiger partial charge in [-0.2, -0.15) is 0 Å². The quantitative estimate of drug-likeness (QED) is 0.696. The summed E-state index contributed by atoms with van der Waals surface area (Å²) in [5.74, 6) is -0.815. The van der Waals surface area contributed by atoms with E-state index in [9.17, 15) is 9.90 Å². The monoisotopic (exact) mass is 215 g/mol.